The molecule has 0 saturated heterocycles. The van der Waals surface area contributed by atoms with Gasteiger partial charge in [0.1, 0.15) is 11.4 Å². The molecule has 6 nitrogen and oxygen atoms in total. The number of nitrogens with zero attached hydrogens (tertiary/aromatic N) is 1. The van der Waals surface area contributed by atoms with Crippen LogP contribution in [0.25, 0.3) is 0 Å². The summed E-state index contributed by atoms with van der Waals surface area (Å²) in [7, 11) is 3.19. The molecule has 6 heteroatoms. The molecule has 2 aromatic carbocycles. The van der Waals surface area contributed by atoms with Crippen molar-refractivity contribution in [2.75, 3.05) is 19.5 Å². The van der Waals surface area contributed by atoms with Gasteiger partial charge >= 0.3 is 0 Å². The third-order valence-electron chi connectivity index (χ3n) is 3.71. The van der Waals surface area contributed by atoms with E-state index in [-0.39, 0.29) is 5.60 Å². The topological polar surface area (TPSA) is 78.1 Å². The molecule has 0 amide bonds. The second-order valence-electron chi connectivity index (χ2n) is 7.22. The lowest BCUT2D eigenvalue weighted by molar-refractivity contribution is 0.129. The largest absolute Gasteiger partial charge is 0.493 e. The number of hydrogen-bond acceptors (Lipinski definition) is 4. The Labute approximate surface area is 161 Å². The predicted molar refractivity (Wildman–Crippen MR) is 110 cm³/mol. The van der Waals surface area contributed by atoms with Crippen molar-refractivity contribution in [2.24, 2.45) is 10.7 Å². The zero-order chi connectivity index (χ0) is 20.0. The van der Waals surface area contributed by atoms with Crippen LogP contribution in [0.4, 0.5) is 5.69 Å². The van der Waals surface area contributed by atoms with Crippen molar-refractivity contribution >= 4 is 11.6 Å². The molecule has 0 atom stereocenters. The smallest absolute Gasteiger partial charge is 0.193 e. The van der Waals surface area contributed by atoms with Crippen LogP contribution >= 0.6 is 0 Å². The van der Waals surface area contributed by atoms with Gasteiger partial charge in [-0.3, -0.25) is 0 Å². The molecule has 2 aromatic rings. The van der Waals surface area contributed by atoms with Crippen molar-refractivity contribution in [3.63, 3.8) is 0 Å². The fraction of sp³-hybridized carbons (Fsp3) is 0.381. The molecular formula is C21H29N3O3. The summed E-state index contributed by atoms with van der Waals surface area (Å²) in [5.74, 6) is 2.41. The molecule has 0 aliphatic heterocycles. The molecular weight excluding hydrogens is 342 g/mol. The van der Waals surface area contributed by atoms with Gasteiger partial charge in [0.05, 0.1) is 20.8 Å². The first-order chi connectivity index (χ1) is 12.7. The highest BCUT2D eigenvalue weighted by Gasteiger charge is 2.15. The van der Waals surface area contributed by atoms with Gasteiger partial charge in [0.15, 0.2) is 17.5 Å². The molecule has 0 saturated carbocycles. The standard InChI is InChI=1S/C21H29N3O3/c1-14-7-8-15(18(11-14)27-21(2,3)4)13-23-20(22)24-16-9-10-17(25-5)19(12-16)26-6/h7-12H,13H2,1-6H3,(H3,22,23,24). The highest BCUT2D eigenvalue weighted by atomic mass is 16.5. The number of hydrogen-bond donors (Lipinski definition) is 2. The summed E-state index contributed by atoms with van der Waals surface area (Å²) in [6.45, 7) is 8.52. The zero-order valence-electron chi connectivity index (χ0n) is 16.9. The van der Waals surface area contributed by atoms with Crippen molar-refractivity contribution in [3.8, 4) is 17.2 Å². The lowest BCUT2D eigenvalue weighted by Gasteiger charge is -2.23. The number of rotatable bonds is 6. The fourth-order valence-electron chi connectivity index (χ4n) is 2.49. The van der Waals surface area contributed by atoms with Crippen molar-refractivity contribution in [2.45, 2.75) is 39.8 Å². The normalized spacial score (nSPS) is 11.9. The number of ether oxygens (including phenoxy) is 3. The van der Waals surface area contributed by atoms with E-state index >= 15 is 0 Å². The molecule has 0 spiro atoms. The van der Waals surface area contributed by atoms with Gasteiger partial charge in [0, 0.05) is 17.3 Å². The Balaban J connectivity index is 2.14. The van der Waals surface area contributed by atoms with Gasteiger partial charge < -0.3 is 25.3 Å². The molecule has 2 rings (SSSR count). The first-order valence-electron chi connectivity index (χ1n) is 8.79. The van der Waals surface area contributed by atoms with Crippen LogP contribution < -0.4 is 25.3 Å². The summed E-state index contributed by atoms with van der Waals surface area (Å²) in [5, 5.41) is 3.07. The predicted octanol–water partition coefficient (Wildman–Crippen LogP) is 4.12. The van der Waals surface area contributed by atoms with E-state index in [4.69, 9.17) is 19.9 Å². The maximum absolute atomic E-state index is 6.06. The van der Waals surface area contributed by atoms with Gasteiger partial charge in [-0.05, 0) is 51.5 Å². The van der Waals surface area contributed by atoms with E-state index in [0.29, 0.717) is 24.0 Å². The maximum Gasteiger partial charge on any atom is 0.193 e. The number of aliphatic imine (C=N–C) groups is 1. The van der Waals surface area contributed by atoms with Gasteiger partial charge in [0.2, 0.25) is 0 Å². The first-order valence-corrected chi connectivity index (χ1v) is 8.79. The number of nitrogens with two attached hydrogens (primary N) is 1. The number of anilines is 1. The monoisotopic (exact) mass is 371 g/mol. The van der Waals surface area contributed by atoms with Crippen molar-refractivity contribution in [3.05, 3.63) is 47.5 Å². The molecule has 0 radical (unpaired) electrons. The molecule has 0 unspecified atom stereocenters. The van der Waals surface area contributed by atoms with E-state index in [9.17, 15) is 0 Å². The van der Waals surface area contributed by atoms with Crippen LogP contribution in [0.5, 0.6) is 17.2 Å². The second kappa shape index (κ2) is 8.66. The average Bonchev–Trinajstić information content (AvgIpc) is 2.59. The molecule has 146 valence electrons. The van der Waals surface area contributed by atoms with Gasteiger partial charge in [-0.1, -0.05) is 12.1 Å². The number of benzene rings is 2. The van der Waals surface area contributed by atoms with Crippen LogP contribution in [0.1, 0.15) is 31.9 Å². The highest BCUT2D eigenvalue weighted by Crippen LogP contribution is 2.30. The molecule has 0 fully saturated rings. The van der Waals surface area contributed by atoms with Crippen LogP contribution in [0, 0.1) is 6.92 Å². The Morgan fingerprint density at radius 3 is 2.33 bits per heavy atom. The van der Waals surface area contributed by atoms with Gasteiger partial charge in [-0.2, -0.15) is 0 Å². The Bertz CT molecular complexity index is 811. The molecule has 27 heavy (non-hydrogen) atoms. The van der Waals surface area contributed by atoms with E-state index in [2.05, 4.69) is 10.3 Å². The summed E-state index contributed by atoms with van der Waals surface area (Å²) >= 11 is 0. The minimum absolute atomic E-state index is 0.282. The highest BCUT2D eigenvalue weighted by molar-refractivity contribution is 5.92. The average molecular weight is 371 g/mol. The summed E-state index contributed by atoms with van der Waals surface area (Å²) in [6.07, 6.45) is 0. The van der Waals surface area contributed by atoms with Gasteiger partial charge in [-0.15, -0.1) is 0 Å². The van der Waals surface area contributed by atoms with E-state index in [0.717, 1.165) is 22.6 Å². The Kier molecular flexibility index (Phi) is 6.55. The lowest BCUT2D eigenvalue weighted by atomic mass is 10.1. The molecule has 0 heterocycles. The molecule has 0 aliphatic carbocycles. The molecule has 0 aromatic heterocycles. The van der Waals surface area contributed by atoms with Crippen molar-refractivity contribution in [1.82, 2.24) is 0 Å². The van der Waals surface area contributed by atoms with Crippen molar-refractivity contribution in [1.29, 1.82) is 0 Å². The van der Waals surface area contributed by atoms with Crippen molar-refractivity contribution < 1.29 is 14.2 Å². The Morgan fingerprint density at radius 2 is 1.70 bits per heavy atom. The Morgan fingerprint density at radius 1 is 1.00 bits per heavy atom. The molecule has 0 bridgehead atoms. The lowest BCUT2D eigenvalue weighted by Crippen LogP contribution is -2.24. The van der Waals surface area contributed by atoms with Crippen LogP contribution in [0.15, 0.2) is 41.4 Å². The summed E-state index contributed by atoms with van der Waals surface area (Å²) in [4.78, 5) is 4.44. The second-order valence-corrected chi connectivity index (χ2v) is 7.22. The van der Waals surface area contributed by atoms with E-state index in [1.807, 2.05) is 58.0 Å². The van der Waals surface area contributed by atoms with Crippen LogP contribution in [-0.2, 0) is 6.54 Å². The number of methoxy groups -OCH3 is 2. The third-order valence-corrected chi connectivity index (χ3v) is 3.71. The van der Waals surface area contributed by atoms with Crippen LogP contribution in [0.3, 0.4) is 0 Å². The molecule has 3 N–H and O–H groups in total. The first kappa shape index (κ1) is 20.4. The minimum atomic E-state index is -0.282. The summed E-state index contributed by atoms with van der Waals surface area (Å²) < 4.78 is 16.6. The van der Waals surface area contributed by atoms with Gasteiger partial charge in [-0.25, -0.2) is 4.99 Å². The number of guanidine groups is 1. The Hall–Kier alpha value is -2.89. The zero-order valence-corrected chi connectivity index (χ0v) is 16.9. The fourth-order valence-corrected chi connectivity index (χ4v) is 2.49. The maximum atomic E-state index is 6.06. The summed E-state index contributed by atoms with van der Waals surface area (Å²) in [6, 6.07) is 11.5. The SMILES string of the molecule is COc1ccc(NC(N)=NCc2ccc(C)cc2OC(C)(C)C)cc1OC. The van der Waals surface area contributed by atoms with E-state index in [1.165, 1.54) is 0 Å². The quantitative estimate of drug-likeness (QED) is 0.590. The van der Waals surface area contributed by atoms with Crippen LogP contribution in [-0.4, -0.2) is 25.8 Å². The third kappa shape index (κ3) is 6.09. The van der Waals surface area contributed by atoms with E-state index in [1.54, 1.807) is 20.3 Å². The van der Waals surface area contributed by atoms with Crippen LogP contribution in [0.2, 0.25) is 0 Å². The van der Waals surface area contributed by atoms with E-state index < -0.39 is 0 Å². The summed E-state index contributed by atoms with van der Waals surface area (Å²) in [5.41, 5.74) is 8.65. The minimum Gasteiger partial charge on any atom is -0.493 e. The molecule has 0 aliphatic rings. The number of nitrogens with one attached hydrogen (secondary N) is 1. The number of aryl methyl sites for hydroxylation is 1. The van der Waals surface area contributed by atoms with Gasteiger partial charge in [0.25, 0.3) is 0 Å².